The van der Waals surface area contributed by atoms with Crippen LogP contribution in [0.15, 0.2) is 36.2 Å². The SMILES string of the molecule is OC(Cc1cn2ccsc2n1)c1ccnnc1. The fourth-order valence-corrected chi connectivity index (χ4v) is 2.41. The van der Waals surface area contributed by atoms with Crippen LogP contribution >= 0.6 is 11.3 Å². The lowest BCUT2D eigenvalue weighted by atomic mass is 10.1. The van der Waals surface area contributed by atoms with Crippen molar-refractivity contribution in [2.75, 3.05) is 0 Å². The molecule has 0 spiro atoms. The maximum atomic E-state index is 10.0. The number of imidazole rings is 1. The lowest BCUT2D eigenvalue weighted by Crippen LogP contribution is -2.02. The van der Waals surface area contributed by atoms with E-state index in [1.807, 2.05) is 22.2 Å². The Balaban J connectivity index is 1.81. The lowest BCUT2D eigenvalue weighted by Gasteiger charge is -2.07. The molecule has 1 atom stereocenters. The van der Waals surface area contributed by atoms with Gasteiger partial charge in [0, 0.05) is 36.0 Å². The smallest absolute Gasteiger partial charge is 0.193 e. The Morgan fingerprint density at radius 2 is 2.35 bits per heavy atom. The van der Waals surface area contributed by atoms with E-state index in [9.17, 15) is 5.11 Å². The van der Waals surface area contributed by atoms with Gasteiger partial charge in [-0.15, -0.1) is 11.3 Å². The van der Waals surface area contributed by atoms with Crippen molar-refractivity contribution in [1.29, 1.82) is 0 Å². The molecule has 0 radical (unpaired) electrons. The molecular weight excluding hydrogens is 236 g/mol. The predicted octanol–water partition coefficient (Wildman–Crippen LogP) is 1.46. The molecule has 3 aromatic heterocycles. The van der Waals surface area contributed by atoms with E-state index in [0.29, 0.717) is 6.42 Å². The molecule has 5 nitrogen and oxygen atoms in total. The van der Waals surface area contributed by atoms with Gasteiger partial charge >= 0.3 is 0 Å². The summed E-state index contributed by atoms with van der Waals surface area (Å²) in [7, 11) is 0. The average molecular weight is 246 g/mol. The van der Waals surface area contributed by atoms with Crippen molar-refractivity contribution in [3.63, 3.8) is 0 Å². The Morgan fingerprint density at radius 3 is 3.12 bits per heavy atom. The molecule has 0 aliphatic carbocycles. The van der Waals surface area contributed by atoms with Gasteiger partial charge in [-0.05, 0) is 6.07 Å². The minimum Gasteiger partial charge on any atom is -0.388 e. The molecule has 0 aliphatic rings. The Kier molecular flexibility index (Phi) is 2.58. The van der Waals surface area contributed by atoms with Crippen molar-refractivity contribution < 1.29 is 5.11 Å². The molecule has 3 rings (SSSR count). The molecule has 86 valence electrons. The first-order valence-electron chi connectivity index (χ1n) is 5.18. The van der Waals surface area contributed by atoms with Crippen LogP contribution in [0.25, 0.3) is 4.96 Å². The number of aliphatic hydroxyl groups is 1. The normalized spacial score (nSPS) is 13.0. The van der Waals surface area contributed by atoms with Crippen molar-refractivity contribution in [1.82, 2.24) is 19.6 Å². The van der Waals surface area contributed by atoms with Crippen molar-refractivity contribution in [2.24, 2.45) is 0 Å². The second-order valence-electron chi connectivity index (χ2n) is 3.72. The van der Waals surface area contributed by atoms with Crippen LogP contribution in [-0.2, 0) is 6.42 Å². The Labute approximate surface area is 101 Å². The molecule has 0 saturated carbocycles. The molecule has 0 bridgehead atoms. The first-order chi connectivity index (χ1) is 8.33. The molecule has 3 heterocycles. The number of aliphatic hydroxyl groups excluding tert-OH is 1. The number of rotatable bonds is 3. The zero-order valence-corrected chi connectivity index (χ0v) is 9.71. The zero-order valence-electron chi connectivity index (χ0n) is 8.89. The number of aromatic nitrogens is 4. The van der Waals surface area contributed by atoms with Gasteiger partial charge in [-0.2, -0.15) is 10.2 Å². The summed E-state index contributed by atoms with van der Waals surface area (Å²) in [6.07, 6.45) is 6.93. The zero-order chi connectivity index (χ0) is 11.7. The van der Waals surface area contributed by atoms with Crippen molar-refractivity contribution in [2.45, 2.75) is 12.5 Å². The fraction of sp³-hybridized carbons (Fsp3) is 0.182. The topological polar surface area (TPSA) is 63.3 Å². The molecule has 0 amide bonds. The molecule has 0 aliphatic heterocycles. The van der Waals surface area contributed by atoms with E-state index in [1.165, 1.54) is 0 Å². The summed E-state index contributed by atoms with van der Waals surface area (Å²) in [5.41, 5.74) is 1.64. The number of hydrogen-bond donors (Lipinski definition) is 1. The van der Waals surface area contributed by atoms with Gasteiger partial charge in [0.05, 0.1) is 18.0 Å². The molecule has 1 N–H and O–H groups in total. The van der Waals surface area contributed by atoms with Crippen LogP contribution in [0.5, 0.6) is 0 Å². The van der Waals surface area contributed by atoms with E-state index in [4.69, 9.17) is 0 Å². The Bertz CT molecular complexity index is 590. The van der Waals surface area contributed by atoms with Crippen LogP contribution in [0, 0.1) is 0 Å². The number of fused-ring (bicyclic) bond motifs is 1. The highest BCUT2D eigenvalue weighted by Gasteiger charge is 2.11. The molecule has 6 heteroatoms. The second-order valence-corrected chi connectivity index (χ2v) is 4.59. The molecule has 1 unspecified atom stereocenters. The van der Waals surface area contributed by atoms with E-state index in [-0.39, 0.29) is 0 Å². The summed E-state index contributed by atoms with van der Waals surface area (Å²) in [6, 6.07) is 1.76. The van der Waals surface area contributed by atoms with Crippen LogP contribution in [0.2, 0.25) is 0 Å². The summed E-state index contributed by atoms with van der Waals surface area (Å²) in [5.74, 6) is 0. The summed E-state index contributed by atoms with van der Waals surface area (Å²) in [6.45, 7) is 0. The van der Waals surface area contributed by atoms with Gasteiger partial charge in [0.15, 0.2) is 4.96 Å². The highest BCUT2D eigenvalue weighted by atomic mass is 32.1. The molecule has 0 aromatic carbocycles. The molecule has 17 heavy (non-hydrogen) atoms. The number of hydrogen-bond acceptors (Lipinski definition) is 5. The van der Waals surface area contributed by atoms with Crippen LogP contribution in [0.4, 0.5) is 0 Å². The Hall–Kier alpha value is -1.79. The van der Waals surface area contributed by atoms with Gasteiger partial charge in [-0.3, -0.25) is 4.40 Å². The summed E-state index contributed by atoms with van der Waals surface area (Å²) < 4.78 is 1.96. The van der Waals surface area contributed by atoms with Gasteiger partial charge < -0.3 is 5.11 Å². The highest BCUT2D eigenvalue weighted by molar-refractivity contribution is 7.15. The van der Waals surface area contributed by atoms with Crippen LogP contribution in [0.1, 0.15) is 17.4 Å². The van der Waals surface area contributed by atoms with Crippen LogP contribution < -0.4 is 0 Å². The van der Waals surface area contributed by atoms with Crippen LogP contribution in [0.3, 0.4) is 0 Å². The fourth-order valence-electron chi connectivity index (χ4n) is 1.69. The maximum absolute atomic E-state index is 10.0. The first-order valence-corrected chi connectivity index (χ1v) is 6.06. The summed E-state index contributed by atoms with van der Waals surface area (Å²) in [4.78, 5) is 5.37. The summed E-state index contributed by atoms with van der Waals surface area (Å²) >= 11 is 1.58. The Morgan fingerprint density at radius 1 is 1.41 bits per heavy atom. The molecule has 0 fully saturated rings. The van der Waals surface area contributed by atoms with Gasteiger partial charge in [0.1, 0.15) is 0 Å². The van der Waals surface area contributed by atoms with Crippen molar-refractivity contribution >= 4 is 16.3 Å². The quantitative estimate of drug-likeness (QED) is 0.760. The van der Waals surface area contributed by atoms with E-state index in [2.05, 4.69) is 15.2 Å². The van der Waals surface area contributed by atoms with E-state index in [0.717, 1.165) is 16.2 Å². The van der Waals surface area contributed by atoms with Crippen molar-refractivity contribution in [3.05, 3.63) is 47.5 Å². The highest BCUT2D eigenvalue weighted by Crippen LogP contribution is 2.18. The monoisotopic (exact) mass is 246 g/mol. The third-order valence-electron chi connectivity index (χ3n) is 2.54. The van der Waals surface area contributed by atoms with Gasteiger partial charge in [-0.25, -0.2) is 4.98 Å². The molecule has 0 saturated heterocycles. The molecular formula is C11H10N4OS. The van der Waals surface area contributed by atoms with E-state index >= 15 is 0 Å². The minimum atomic E-state index is -0.588. The van der Waals surface area contributed by atoms with Gasteiger partial charge in [-0.1, -0.05) is 0 Å². The third-order valence-corrected chi connectivity index (χ3v) is 3.31. The second kappa shape index (κ2) is 4.23. The standard InChI is InChI=1S/C11H10N4OS/c16-10(8-1-2-12-13-6-8)5-9-7-15-3-4-17-11(15)14-9/h1-4,6-7,10,16H,5H2. The van der Waals surface area contributed by atoms with Crippen LogP contribution in [-0.4, -0.2) is 24.7 Å². The minimum absolute atomic E-state index is 0.486. The van der Waals surface area contributed by atoms with E-state index in [1.54, 1.807) is 29.8 Å². The predicted molar refractivity (Wildman–Crippen MR) is 63.8 cm³/mol. The van der Waals surface area contributed by atoms with Crippen molar-refractivity contribution in [3.8, 4) is 0 Å². The average Bonchev–Trinajstić information content (AvgIpc) is 2.90. The number of nitrogens with zero attached hydrogens (tertiary/aromatic N) is 4. The molecule has 3 aromatic rings. The largest absolute Gasteiger partial charge is 0.388 e. The maximum Gasteiger partial charge on any atom is 0.193 e. The van der Waals surface area contributed by atoms with E-state index < -0.39 is 6.10 Å². The van der Waals surface area contributed by atoms with Gasteiger partial charge in [0.2, 0.25) is 0 Å². The summed E-state index contributed by atoms with van der Waals surface area (Å²) in [5, 5.41) is 19.4. The van der Waals surface area contributed by atoms with Gasteiger partial charge in [0.25, 0.3) is 0 Å². The third kappa shape index (κ3) is 2.04. The first kappa shape index (κ1) is 10.4. The number of thiazole rings is 1. The lowest BCUT2D eigenvalue weighted by molar-refractivity contribution is 0.177.